The highest BCUT2D eigenvalue weighted by atomic mass is 35.6. The minimum Gasteiger partial charge on any atom is -0.299 e. The van der Waals surface area contributed by atoms with Crippen LogP contribution >= 0.6 is 77.4 Å². The quantitative estimate of drug-likeness (QED) is 0.215. The minimum absolute atomic E-state index is 0.631. The molecule has 0 bridgehead atoms. The van der Waals surface area contributed by atoms with Crippen molar-refractivity contribution in [2.45, 2.75) is 7.59 Å². The van der Waals surface area contributed by atoms with Crippen molar-refractivity contribution in [3.8, 4) is 0 Å². The molecule has 100 valence electrons. The van der Waals surface area contributed by atoms with Gasteiger partial charge in [-0.15, -0.1) is 0 Å². The standard InChI is InChI=1S/C4H4Cl6N3O3P/c5-3(6,7)1-15-17(14,13-12-11)16-2-4(8,9)10/h1-2H2. The van der Waals surface area contributed by atoms with Crippen LogP contribution in [-0.2, 0) is 13.6 Å². The van der Waals surface area contributed by atoms with Gasteiger partial charge >= 0.3 is 7.75 Å². The summed E-state index contributed by atoms with van der Waals surface area (Å²) >= 11 is 32.1. The Bertz CT molecular complexity index is 325. The third kappa shape index (κ3) is 10.8. The topological polar surface area (TPSA) is 84.3 Å². The van der Waals surface area contributed by atoms with Crippen molar-refractivity contribution in [3.05, 3.63) is 10.4 Å². The molecule has 0 saturated heterocycles. The van der Waals surface area contributed by atoms with E-state index in [2.05, 4.69) is 18.8 Å². The predicted molar refractivity (Wildman–Crippen MR) is 69.2 cm³/mol. The number of hydrogen-bond acceptors (Lipinski definition) is 3. The SMILES string of the molecule is [N-]=[N+]=NP(=O)(OCC(Cl)(Cl)Cl)OCC(Cl)(Cl)Cl. The molecule has 0 fully saturated rings. The molecule has 0 aromatic rings. The van der Waals surface area contributed by atoms with E-state index in [1.54, 1.807) is 0 Å². The zero-order valence-electron chi connectivity index (χ0n) is 7.70. The Morgan fingerprint density at radius 3 is 1.65 bits per heavy atom. The summed E-state index contributed by atoms with van der Waals surface area (Å²) in [6, 6.07) is 0. The van der Waals surface area contributed by atoms with Gasteiger partial charge in [-0.25, -0.2) is 0 Å². The number of rotatable bonds is 5. The van der Waals surface area contributed by atoms with Gasteiger partial charge in [-0.05, 0) is 5.53 Å². The van der Waals surface area contributed by atoms with E-state index in [0.29, 0.717) is 0 Å². The van der Waals surface area contributed by atoms with E-state index in [1.165, 1.54) is 0 Å². The van der Waals surface area contributed by atoms with Gasteiger partial charge in [-0.2, -0.15) is 0 Å². The van der Waals surface area contributed by atoms with Gasteiger partial charge < -0.3 is 0 Å². The third-order valence-corrected chi connectivity index (χ3v) is 2.80. The summed E-state index contributed by atoms with van der Waals surface area (Å²) in [7, 11) is -4.21. The molecular weight excluding hydrogens is 382 g/mol. The molecule has 0 aliphatic carbocycles. The Hall–Kier alpha value is 1.20. The van der Waals surface area contributed by atoms with Crippen LogP contribution in [0.4, 0.5) is 0 Å². The lowest BCUT2D eigenvalue weighted by Crippen LogP contribution is -2.15. The molecular formula is C4H4Cl6N3O3P. The molecule has 13 heteroatoms. The molecule has 0 aromatic carbocycles. The first-order valence-electron chi connectivity index (χ1n) is 3.57. The van der Waals surface area contributed by atoms with Crippen molar-refractivity contribution in [2.75, 3.05) is 13.2 Å². The number of azide groups is 1. The highest BCUT2D eigenvalue weighted by Crippen LogP contribution is 2.52. The fourth-order valence-corrected chi connectivity index (χ4v) is 2.22. The Morgan fingerprint density at radius 1 is 1.06 bits per heavy atom. The fourth-order valence-electron chi connectivity index (χ4n) is 0.447. The van der Waals surface area contributed by atoms with Gasteiger partial charge in [0.2, 0.25) is 7.59 Å². The minimum atomic E-state index is -4.21. The molecule has 17 heavy (non-hydrogen) atoms. The second kappa shape index (κ2) is 7.11. The lowest BCUT2D eigenvalue weighted by molar-refractivity contribution is 0.210. The van der Waals surface area contributed by atoms with Gasteiger partial charge in [0.05, 0.1) is 0 Å². The van der Waals surface area contributed by atoms with Gasteiger partial charge in [0.25, 0.3) is 0 Å². The molecule has 0 saturated carbocycles. The molecule has 0 aliphatic heterocycles. The monoisotopic (exact) mass is 383 g/mol. The van der Waals surface area contributed by atoms with Crippen molar-refractivity contribution < 1.29 is 13.6 Å². The summed E-state index contributed by atoms with van der Waals surface area (Å²) < 4.78 is 17.1. The summed E-state index contributed by atoms with van der Waals surface area (Å²) in [4.78, 5) is 5.06. The number of alkyl halides is 6. The maximum Gasteiger partial charge on any atom is 0.420 e. The largest absolute Gasteiger partial charge is 0.420 e. The predicted octanol–water partition coefficient (Wildman–Crippen LogP) is 5.18. The lowest BCUT2D eigenvalue weighted by atomic mass is 10.9. The molecule has 0 radical (unpaired) electrons. The van der Waals surface area contributed by atoms with E-state index >= 15 is 0 Å². The fraction of sp³-hybridized carbons (Fsp3) is 1.00. The smallest absolute Gasteiger partial charge is 0.299 e. The van der Waals surface area contributed by atoms with E-state index in [-0.39, 0.29) is 0 Å². The second-order valence-electron chi connectivity index (χ2n) is 2.42. The number of halogens is 6. The van der Waals surface area contributed by atoms with Gasteiger partial charge in [0.1, 0.15) is 13.2 Å². The molecule has 0 unspecified atom stereocenters. The van der Waals surface area contributed by atoms with E-state index in [1.807, 2.05) is 0 Å². The van der Waals surface area contributed by atoms with E-state index in [0.717, 1.165) is 0 Å². The number of hydrogen-bond donors (Lipinski definition) is 0. The maximum atomic E-state index is 11.7. The lowest BCUT2D eigenvalue weighted by Gasteiger charge is -2.18. The summed E-state index contributed by atoms with van der Waals surface area (Å²) in [6.45, 7) is -1.26. The van der Waals surface area contributed by atoms with Crippen LogP contribution in [0.15, 0.2) is 4.88 Å². The van der Waals surface area contributed by atoms with Crippen molar-refractivity contribution in [3.63, 3.8) is 0 Å². The highest BCUT2D eigenvalue weighted by molar-refractivity contribution is 7.52. The van der Waals surface area contributed by atoms with Gasteiger partial charge in [-0.3, -0.25) is 13.6 Å². The Balaban J connectivity index is 4.59. The van der Waals surface area contributed by atoms with E-state index in [9.17, 15) is 4.57 Å². The van der Waals surface area contributed by atoms with Crippen molar-refractivity contribution in [1.29, 1.82) is 0 Å². The van der Waals surface area contributed by atoms with Gasteiger partial charge in [-0.1, -0.05) is 69.6 Å². The van der Waals surface area contributed by atoms with Crippen LogP contribution in [0.2, 0.25) is 0 Å². The van der Waals surface area contributed by atoms with Crippen LogP contribution in [0.25, 0.3) is 10.4 Å². The summed E-state index contributed by atoms with van der Waals surface area (Å²) in [5.41, 5.74) is 8.19. The normalized spacial score (nSPS) is 13.3. The van der Waals surface area contributed by atoms with Crippen molar-refractivity contribution >= 4 is 77.4 Å². The molecule has 0 aliphatic rings. The molecule has 0 rings (SSSR count). The molecule has 0 amide bonds. The second-order valence-corrected chi connectivity index (χ2v) is 9.09. The van der Waals surface area contributed by atoms with Crippen LogP contribution < -0.4 is 0 Å². The zero-order valence-corrected chi connectivity index (χ0v) is 13.1. The summed E-state index contributed by atoms with van der Waals surface area (Å²) in [5, 5.41) is 0. The summed E-state index contributed by atoms with van der Waals surface area (Å²) in [6.07, 6.45) is 0. The first kappa shape index (κ1) is 18.2. The molecule has 0 heterocycles. The van der Waals surface area contributed by atoms with Crippen LogP contribution in [-0.4, -0.2) is 20.8 Å². The Morgan fingerprint density at radius 2 is 1.41 bits per heavy atom. The Labute approximate surface area is 127 Å². The average Bonchev–Trinajstić information content (AvgIpc) is 2.11. The van der Waals surface area contributed by atoms with E-state index < -0.39 is 28.5 Å². The molecule has 0 spiro atoms. The third-order valence-electron chi connectivity index (χ3n) is 0.932. The highest BCUT2D eigenvalue weighted by Gasteiger charge is 2.33. The van der Waals surface area contributed by atoms with Gasteiger partial charge in [0, 0.05) is 9.80 Å². The van der Waals surface area contributed by atoms with Crippen LogP contribution in [0.3, 0.4) is 0 Å². The summed E-state index contributed by atoms with van der Waals surface area (Å²) in [5.74, 6) is 0. The van der Waals surface area contributed by atoms with Gasteiger partial charge in [0.15, 0.2) is 0 Å². The zero-order chi connectivity index (χ0) is 13.7. The molecule has 0 N–H and O–H groups in total. The Kier molecular flexibility index (Phi) is 7.61. The first-order chi connectivity index (χ1) is 7.47. The van der Waals surface area contributed by atoms with Crippen LogP contribution in [0.5, 0.6) is 0 Å². The average molecular weight is 386 g/mol. The number of nitrogens with zero attached hydrogens (tertiary/aromatic N) is 3. The van der Waals surface area contributed by atoms with Crippen molar-refractivity contribution in [1.82, 2.24) is 0 Å². The molecule has 0 atom stereocenters. The van der Waals surface area contributed by atoms with Crippen LogP contribution in [0.1, 0.15) is 0 Å². The van der Waals surface area contributed by atoms with Crippen molar-refractivity contribution in [2.24, 2.45) is 4.88 Å². The molecule has 0 aromatic heterocycles. The first-order valence-corrected chi connectivity index (χ1v) is 7.33. The molecule has 6 nitrogen and oxygen atoms in total. The van der Waals surface area contributed by atoms with Crippen LogP contribution in [0, 0.1) is 0 Å². The van der Waals surface area contributed by atoms with E-state index in [4.69, 9.17) is 75.1 Å². The maximum absolute atomic E-state index is 11.7.